The van der Waals surface area contributed by atoms with Crippen LogP contribution in [-0.4, -0.2) is 4.57 Å². The number of fused-ring (bicyclic) bond motifs is 12. The molecule has 0 fully saturated rings. The molecule has 2 nitrogen and oxygen atoms in total. The summed E-state index contributed by atoms with van der Waals surface area (Å²) >= 11 is 1.91. The summed E-state index contributed by atoms with van der Waals surface area (Å²) in [5.74, 6) is 0. The second-order valence-corrected chi connectivity index (χ2v) is 17.9. The lowest BCUT2D eigenvalue weighted by Gasteiger charge is -2.39. The van der Waals surface area contributed by atoms with Gasteiger partial charge in [-0.2, -0.15) is 0 Å². The third kappa shape index (κ3) is 5.54. The Hall–Kier alpha value is -7.85. The molecule has 0 amide bonds. The van der Waals surface area contributed by atoms with E-state index in [0.717, 1.165) is 22.7 Å². The van der Waals surface area contributed by atoms with Crippen LogP contribution in [0.3, 0.4) is 0 Å². The van der Waals surface area contributed by atoms with Crippen LogP contribution >= 0.6 is 11.8 Å². The topological polar surface area (TPSA) is 8.17 Å². The minimum atomic E-state index is -0.443. The fraction of sp³-hybridized carbons (Fsp3) is 0.0164. The monoisotopic (exact) mass is 832 g/mol. The van der Waals surface area contributed by atoms with Crippen molar-refractivity contribution in [2.45, 2.75) is 15.2 Å². The highest BCUT2D eigenvalue weighted by Crippen LogP contribution is 2.62. The normalized spacial score (nSPS) is 13.1. The zero-order valence-electron chi connectivity index (χ0n) is 34.9. The maximum Gasteiger partial charge on any atom is 0.0736 e. The van der Waals surface area contributed by atoms with Gasteiger partial charge in [-0.05, 0) is 128 Å². The number of aromatic nitrogens is 1. The molecule has 0 unspecified atom stereocenters. The average molecular weight is 833 g/mol. The zero-order valence-corrected chi connectivity index (χ0v) is 35.7. The minimum absolute atomic E-state index is 0.443. The Labute approximate surface area is 377 Å². The van der Waals surface area contributed by atoms with Crippen LogP contribution < -0.4 is 4.90 Å². The quantitative estimate of drug-likeness (QED) is 0.165. The van der Waals surface area contributed by atoms with Crippen molar-refractivity contribution in [3.05, 3.63) is 265 Å². The molecular weight excluding hydrogens is 793 g/mol. The molecule has 1 aliphatic heterocycles. The van der Waals surface area contributed by atoms with Gasteiger partial charge in [0.15, 0.2) is 0 Å². The molecule has 64 heavy (non-hydrogen) atoms. The van der Waals surface area contributed by atoms with Crippen molar-refractivity contribution in [3.8, 4) is 39.1 Å². The van der Waals surface area contributed by atoms with Crippen LogP contribution in [0.25, 0.3) is 60.9 Å². The maximum atomic E-state index is 2.52. The van der Waals surface area contributed by atoms with Crippen LogP contribution in [0.5, 0.6) is 0 Å². The summed E-state index contributed by atoms with van der Waals surface area (Å²) in [5, 5.41) is 2.52. The number of hydrogen-bond donors (Lipinski definition) is 0. The highest BCUT2D eigenvalue weighted by Gasteiger charge is 2.50. The van der Waals surface area contributed by atoms with Gasteiger partial charge in [-0.15, -0.1) is 0 Å². The minimum Gasteiger partial charge on any atom is -0.311 e. The molecule has 0 bridgehead atoms. The number of hydrogen-bond acceptors (Lipinski definition) is 2. The van der Waals surface area contributed by atoms with Gasteiger partial charge in [0.2, 0.25) is 0 Å². The Balaban J connectivity index is 0.937. The molecule has 1 aliphatic carbocycles. The number of benzene rings is 10. The van der Waals surface area contributed by atoms with Crippen LogP contribution in [0.2, 0.25) is 0 Å². The molecular formula is C61H40N2S. The van der Waals surface area contributed by atoms with Gasteiger partial charge in [0.1, 0.15) is 0 Å². The summed E-state index contributed by atoms with van der Waals surface area (Å²) in [7, 11) is 0. The molecule has 0 saturated carbocycles. The van der Waals surface area contributed by atoms with E-state index in [1.54, 1.807) is 0 Å². The van der Waals surface area contributed by atoms with E-state index in [2.05, 4.69) is 252 Å². The first-order valence-electron chi connectivity index (χ1n) is 22.0. The number of para-hydroxylation sites is 2. The molecule has 300 valence electrons. The third-order valence-corrected chi connectivity index (χ3v) is 14.6. The Morgan fingerprint density at radius 1 is 0.328 bits per heavy atom. The Morgan fingerprint density at radius 2 is 0.812 bits per heavy atom. The lowest BCUT2D eigenvalue weighted by atomic mass is 9.67. The molecule has 0 saturated heterocycles. The summed E-state index contributed by atoms with van der Waals surface area (Å²) in [6.07, 6.45) is 0. The van der Waals surface area contributed by atoms with Gasteiger partial charge in [-0.25, -0.2) is 0 Å². The van der Waals surface area contributed by atoms with Gasteiger partial charge in [0, 0.05) is 43.3 Å². The molecule has 11 aromatic rings. The summed E-state index contributed by atoms with van der Waals surface area (Å²) in [6.45, 7) is 0. The number of anilines is 3. The van der Waals surface area contributed by atoms with Crippen molar-refractivity contribution in [1.29, 1.82) is 0 Å². The number of rotatable bonds is 6. The highest BCUT2D eigenvalue weighted by atomic mass is 32.2. The van der Waals surface area contributed by atoms with Crippen LogP contribution in [0.15, 0.2) is 252 Å². The second-order valence-electron chi connectivity index (χ2n) is 16.8. The van der Waals surface area contributed by atoms with Crippen molar-refractivity contribution >= 4 is 50.6 Å². The summed E-state index contributed by atoms with van der Waals surface area (Å²) in [6, 6.07) is 89.3. The van der Waals surface area contributed by atoms with Crippen molar-refractivity contribution in [1.82, 2.24) is 4.57 Å². The Bertz CT molecular complexity index is 3510. The molecule has 0 radical (unpaired) electrons. The van der Waals surface area contributed by atoms with E-state index in [-0.39, 0.29) is 0 Å². The predicted octanol–water partition coefficient (Wildman–Crippen LogP) is 16.4. The molecule has 0 atom stereocenters. The van der Waals surface area contributed by atoms with Crippen LogP contribution in [0.1, 0.15) is 22.3 Å². The molecule has 13 rings (SSSR count). The smallest absolute Gasteiger partial charge is 0.0736 e. The van der Waals surface area contributed by atoms with Gasteiger partial charge in [-0.1, -0.05) is 182 Å². The van der Waals surface area contributed by atoms with Gasteiger partial charge >= 0.3 is 0 Å². The first kappa shape index (κ1) is 36.8. The van der Waals surface area contributed by atoms with Gasteiger partial charge in [0.25, 0.3) is 0 Å². The first-order valence-corrected chi connectivity index (χ1v) is 22.8. The molecule has 1 aromatic heterocycles. The predicted molar refractivity (Wildman–Crippen MR) is 268 cm³/mol. The average Bonchev–Trinajstić information content (AvgIpc) is 3.85. The van der Waals surface area contributed by atoms with Gasteiger partial charge < -0.3 is 9.47 Å². The molecule has 10 aromatic carbocycles. The fourth-order valence-corrected chi connectivity index (χ4v) is 11.9. The van der Waals surface area contributed by atoms with Crippen LogP contribution in [-0.2, 0) is 5.41 Å². The summed E-state index contributed by atoms with van der Waals surface area (Å²) < 4.78 is 2.48. The Kier molecular flexibility index (Phi) is 8.40. The molecule has 2 aliphatic rings. The first-order chi connectivity index (χ1) is 31.7. The lowest BCUT2D eigenvalue weighted by Crippen LogP contribution is -2.32. The van der Waals surface area contributed by atoms with Crippen LogP contribution in [0, 0.1) is 0 Å². The van der Waals surface area contributed by atoms with Crippen LogP contribution in [0.4, 0.5) is 17.1 Å². The van der Waals surface area contributed by atoms with E-state index >= 15 is 0 Å². The SMILES string of the molecule is c1ccc(-c2ccc(-c3ccc(N(c4ccccc4)c4ccc(-n5c6ccccc6c6cc7c(cc65)C5(c6ccccc6S7)c6ccccc6-c6ccccc65)cc4)cc3)cc2)cc1. The maximum absolute atomic E-state index is 2.52. The lowest BCUT2D eigenvalue weighted by molar-refractivity contribution is 0.724. The molecule has 0 N–H and O–H groups in total. The van der Waals surface area contributed by atoms with E-state index in [1.165, 1.54) is 87.2 Å². The van der Waals surface area contributed by atoms with Crippen molar-refractivity contribution in [3.63, 3.8) is 0 Å². The molecule has 3 heteroatoms. The molecule has 1 spiro atoms. The van der Waals surface area contributed by atoms with E-state index in [1.807, 2.05) is 11.8 Å². The number of nitrogens with zero attached hydrogens (tertiary/aromatic N) is 2. The van der Waals surface area contributed by atoms with Gasteiger partial charge in [-0.3, -0.25) is 0 Å². The van der Waals surface area contributed by atoms with Crippen molar-refractivity contribution < 1.29 is 0 Å². The highest BCUT2D eigenvalue weighted by molar-refractivity contribution is 7.99. The summed E-state index contributed by atoms with van der Waals surface area (Å²) in [4.78, 5) is 4.97. The van der Waals surface area contributed by atoms with Crippen molar-refractivity contribution in [2.75, 3.05) is 4.90 Å². The second kappa shape index (κ2) is 14.6. The van der Waals surface area contributed by atoms with E-state index in [4.69, 9.17) is 0 Å². The van der Waals surface area contributed by atoms with Crippen molar-refractivity contribution in [2.24, 2.45) is 0 Å². The largest absolute Gasteiger partial charge is 0.311 e. The standard InChI is InChI=1S/C61H40N2S/c1-3-15-41(16-4-1)42-27-29-43(30-28-42)44-31-33-46(34-32-44)62(45-17-5-2-6-18-45)47-35-37-48(38-36-47)63-57-25-13-9-21-51(57)52-39-60-56(40-58(52)63)61(55-24-12-14-26-59(55)64-60)53-22-10-7-19-49(53)50-20-8-11-23-54(50)61/h1-40H. The van der Waals surface area contributed by atoms with E-state index in [9.17, 15) is 0 Å². The zero-order chi connectivity index (χ0) is 42.2. The Morgan fingerprint density at radius 3 is 1.47 bits per heavy atom. The summed E-state index contributed by atoms with van der Waals surface area (Å²) in [5.41, 5.74) is 19.3. The van der Waals surface area contributed by atoms with E-state index < -0.39 is 5.41 Å². The molecule has 2 heterocycles. The van der Waals surface area contributed by atoms with E-state index in [0.29, 0.717) is 0 Å². The third-order valence-electron chi connectivity index (χ3n) is 13.5. The fourth-order valence-electron chi connectivity index (χ4n) is 10.7. The van der Waals surface area contributed by atoms with Gasteiger partial charge in [0.05, 0.1) is 16.4 Å².